The van der Waals surface area contributed by atoms with Crippen molar-refractivity contribution in [1.82, 2.24) is 10.3 Å². The third-order valence-corrected chi connectivity index (χ3v) is 5.66. The molecule has 0 aromatic carbocycles. The molecule has 1 heterocycles. The highest BCUT2D eigenvalue weighted by molar-refractivity contribution is 7.11. The zero-order valence-corrected chi connectivity index (χ0v) is 14.8. The highest BCUT2D eigenvalue weighted by atomic mass is 32.1. The molecule has 1 aromatic heterocycles. The van der Waals surface area contributed by atoms with Crippen LogP contribution in [0, 0.1) is 12.3 Å². The van der Waals surface area contributed by atoms with Gasteiger partial charge in [0.15, 0.2) is 0 Å². The Morgan fingerprint density at radius 3 is 2.50 bits per heavy atom. The maximum absolute atomic E-state index is 5.00. The molecule has 1 N–H and O–H groups in total. The van der Waals surface area contributed by atoms with E-state index in [1.165, 1.54) is 41.3 Å². The molecule has 0 bridgehead atoms. The monoisotopic (exact) mass is 294 g/mol. The van der Waals surface area contributed by atoms with Crippen molar-refractivity contribution in [1.29, 1.82) is 0 Å². The van der Waals surface area contributed by atoms with E-state index in [0.29, 0.717) is 11.5 Å². The van der Waals surface area contributed by atoms with E-state index in [0.717, 1.165) is 6.42 Å². The number of nitrogens with one attached hydrogen (secondary N) is 1. The molecule has 2 nitrogen and oxygen atoms in total. The molecule has 0 aliphatic heterocycles. The minimum absolute atomic E-state index is 0.0960. The van der Waals surface area contributed by atoms with Crippen LogP contribution in [-0.4, -0.2) is 11.0 Å². The van der Waals surface area contributed by atoms with E-state index in [9.17, 15) is 0 Å². The van der Waals surface area contributed by atoms with Gasteiger partial charge in [-0.15, -0.1) is 11.3 Å². The molecule has 1 fully saturated rings. The van der Waals surface area contributed by atoms with Crippen LogP contribution in [0.3, 0.4) is 0 Å². The molecule has 114 valence electrons. The van der Waals surface area contributed by atoms with Crippen LogP contribution in [0.1, 0.15) is 75.9 Å². The van der Waals surface area contributed by atoms with Gasteiger partial charge in [-0.1, -0.05) is 27.2 Å². The van der Waals surface area contributed by atoms with Gasteiger partial charge < -0.3 is 5.32 Å². The van der Waals surface area contributed by atoms with Gasteiger partial charge in [0.2, 0.25) is 0 Å². The van der Waals surface area contributed by atoms with E-state index >= 15 is 0 Å². The number of hydrogen-bond donors (Lipinski definition) is 1. The Bertz CT molecular complexity index is 462. The number of hydrogen-bond acceptors (Lipinski definition) is 3. The number of thiazole rings is 1. The van der Waals surface area contributed by atoms with Crippen molar-refractivity contribution >= 4 is 11.3 Å². The highest BCUT2D eigenvalue weighted by Crippen LogP contribution is 2.47. The fourth-order valence-electron chi connectivity index (χ4n) is 3.74. The lowest BCUT2D eigenvalue weighted by atomic mass is 9.68. The van der Waals surface area contributed by atoms with Crippen molar-refractivity contribution in [2.75, 3.05) is 0 Å². The predicted octanol–water partition coefficient (Wildman–Crippen LogP) is 4.81. The first kappa shape index (κ1) is 16.0. The van der Waals surface area contributed by atoms with Crippen molar-refractivity contribution in [2.24, 2.45) is 5.41 Å². The molecule has 1 aliphatic rings. The molecule has 0 radical (unpaired) electrons. The molecular formula is C17H30N2S. The van der Waals surface area contributed by atoms with Crippen LogP contribution < -0.4 is 5.32 Å². The second kappa shape index (κ2) is 5.76. The summed E-state index contributed by atoms with van der Waals surface area (Å²) in [5.74, 6) is 0. The maximum atomic E-state index is 5.00. The van der Waals surface area contributed by atoms with E-state index < -0.39 is 0 Å². The standard InChI is InChI=1S/C17H30N2S/c1-7-14-13(4)20-15(18-14)17(19-12(2)3)10-8-9-16(5,6)11-17/h12,19H,7-11H2,1-6H3. The second-order valence-electron chi connectivity index (χ2n) is 7.45. The van der Waals surface area contributed by atoms with Crippen molar-refractivity contribution in [2.45, 2.75) is 85.2 Å². The van der Waals surface area contributed by atoms with Gasteiger partial charge >= 0.3 is 0 Å². The molecule has 1 atom stereocenters. The topological polar surface area (TPSA) is 24.9 Å². The normalized spacial score (nSPS) is 26.1. The summed E-state index contributed by atoms with van der Waals surface area (Å²) in [6.45, 7) is 13.7. The predicted molar refractivity (Wildman–Crippen MR) is 88.4 cm³/mol. The molecule has 0 saturated heterocycles. The molecule has 0 spiro atoms. The van der Waals surface area contributed by atoms with Gasteiger partial charge in [0.05, 0.1) is 11.2 Å². The highest BCUT2D eigenvalue weighted by Gasteiger charge is 2.43. The summed E-state index contributed by atoms with van der Waals surface area (Å²) in [6.07, 6.45) is 6.11. The van der Waals surface area contributed by atoms with Crippen molar-refractivity contribution in [3.05, 3.63) is 15.6 Å². The number of rotatable bonds is 4. The minimum Gasteiger partial charge on any atom is -0.303 e. The van der Waals surface area contributed by atoms with Crippen LogP contribution in [0.5, 0.6) is 0 Å². The first-order chi connectivity index (χ1) is 9.28. The van der Waals surface area contributed by atoms with Crippen LogP contribution in [0.15, 0.2) is 0 Å². The Hall–Kier alpha value is -0.410. The largest absolute Gasteiger partial charge is 0.303 e. The minimum atomic E-state index is 0.0960. The van der Waals surface area contributed by atoms with Gasteiger partial charge in [-0.05, 0) is 51.9 Å². The average molecular weight is 295 g/mol. The van der Waals surface area contributed by atoms with Crippen LogP contribution in [0.4, 0.5) is 0 Å². The third-order valence-electron chi connectivity index (χ3n) is 4.44. The van der Waals surface area contributed by atoms with E-state index in [4.69, 9.17) is 4.98 Å². The van der Waals surface area contributed by atoms with Crippen LogP contribution in [0.25, 0.3) is 0 Å². The summed E-state index contributed by atoms with van der Waals surface area (Å²) in [4.78, 5) is 6.40. The molecule has 20 heavy (non-hydrogen) atoms. The molecule has 3 heteroatoms. The lowest BCUT2D eigenvalue weighted by Gasteiger charge is -2.45. The number of aromatic nitrogens is 1. The molecule has 2 rings (SSSR count). The zero-order chi connectivity index (χ0) is 15.0. The first-order valence-corrected chi connectivity index (χ1v) is 8.84. The van der Waals surface area contributed by atoms with E-state index in [-0.39, 0.29) is 5.54 Å². The molecule has 1 aromatic rings. The Kier molecular flexibility index (Phi) is 4.60. The molecule has 1 saturated carbocycles. The third kappa shape index (κ3) is 3.25. The van der Waals surface area contributed by atoms with Crippen molar-refractivity contribution in [3.8, 4) is 0 Å². The van der Waals surface area contributed by atoms with E-state index in [1.54, 1.807) is 0 Å². The zero-order valence-electron chi connectivity index (χ0n) is 14.0. The number of nitrogens with zero attached hydrogens (tertiary/aromatic N) is 1. The lowest BCUT2D eigenvalue weighted by molar-refractivity contribution is 0.110. The van der Waals surface area contributed by atoms with Gasteiger partial charge in [-0.2, -0.15) is 0 Å². The summed E-state index contributed by atoms with van der Waals surface area (Å²) in [5, 5.41) is 5.21. The van der Waals surface area contributed by atoms with E-state index in [1.807, 2.05) is 11.3 Å². The van der Waals surface area contributed by atoms with Crippen molar-refractivity contribution < 1.29 is 0 Å². The Morgan fingerprint density at radius 1 is 1.30 bits per heavy atom. The smallest absolute Gasteiger partial charge is 0.113 e. The lowest BCUT2D eigenvalue weighted by Crippen LogP contribution is -2.50. The summed E-state index contributed by atoms with van der Waals surface area (Å²) >= 11 is 1.91. The van der Waals surface area contributed by atoms with Gasteiger partial charge in [0.25, 0.3) is 0 Å². The summed E-state index contributed by atoms with van der Waals surface area (Å²) in [6, 6.07) is 0.498. The second-order valence-corrected chi connectivity index (χ2v) is 8.65. The molecule has 1 unspecified atom stereocenters. The van der Waals surface area contributed by atoms with Gasteiger partial charge in [0, 0.05) is 10.9 Å². The summed E-state index contributed by atoms with van der Waals surface area (Å²) in [7, 11) is 0. The van der Waals surface area contributed by atoms with Gasteiger partial charge in [0.1, 0.15) is 5.01 Å². The van der Waals surface area contributed by atoms with Crippen molar-refractivity contribution in [3.63, 3.8) is 0 Å². The van der Waals surface area contributed by atoms with Gasteiger partial charge in [-0.25, -0.2) is 4.98 Å². The first-order valence-electron chi connectivity index (χ1n) is 8.02. The number of aryl methyl sites for hydroxylation is 2. The Labute approximate surface area is 128 Å². The SMILES string of the molecule is CCc1nc(C2(NC(C)C)CCCC(C)(C)C2)sc1C. The van der Waals surface area contributed by atoms with Gasteiger partial charge in [-0.3, -0.25) is 0 Å². The Balaban J connectivity index is 2.40. The summed E-state index contributed by atoms with van der Waals surface area (Å²) < 4.78 is 0. The van der Waals surface area contributed by atoms with Crippen LogP contribution >= 0.6 is 11.3 Å². The van der Waals surface area contributed by atoms with E-state index in [2.05, 4.69) is 46.9 Å². The molecule has 0 amide bonds. The average Bonchev–Trinajstić information content (AvgIpc) is 2.68. The Morgan fingerprint density at radius 2 is 2.00 bits per heavy atom. The fraction of sp³-hybridized carbons (Fsp3) is 0.824. The van der Waals surface area contributed by atoms with Crippen LogP contribution in [0.2, 0.25) is 0 Å². The summed E-state index contributed by atoms with van der Waals surface area (Å²) in [5.41, 5.74) is 1.79. The maximum Gasteiger partial charge on any atom is 0.113 e. The fourth-order valence-corrected chi connectivity index (χ4v) is 4.93. The molecule has 1 aliphatic carbocycles. The van der Waals surface area contributed by atoms with Crippen LogP contribution in [-0.2, 0) is 12.0 Å². The molecular weight excluding hydrogens is 264 g/mol. The quantitative estimate of drug-likeness (QED) is 0.862.